The highest BCUT2D eigenvalue weighted by Crippen LogP contribution is 2.25. The Kier molecular flexibility index (Phi) is 5.44. The Bertz CT molecular complexity index is 884. The van der Waals surface area contributed by atoms with Gasteiger partial charge in [0.05, 0.1) is 11.3 Å². The molecule has 1 fully saturated rings. The fraction of sp³-hybridized carbons (Fsp3) is 0.263. The smallest absolute Gasteiger partial charge is 0.255 e. The lowest BCUT2D eigenvalue weighted by Crippen LogP contribution is -2.48. The molecule has 1 saturated heterocycles. The van der Waals surface area contributed by atoms with E-state index in [9.17, 15) is 4.79 Å². The van der Waals surface area contributed by atoms with Crippen LogP contribution in [0.25, 0.3) is 17.1 Å². The maximum atomic E-state index is 12.7. The quantitative estimate of drug-likeness (QED) is 0.722. The number of hydrogen-bond donors (Lipinski definition) is 2. The Morgan fingerprint density at radius 3 is 2.65 bits per heavy atom. The molecule has 1 aromatic carbocycles. The van der Waals surface area contributed by atoms with Crippen LogP contribution >= 0.6 is 12.4 Å². The Morgan fingerprint density at radius 1 is 1.27 bits per heavy atom. The fourth-order valence-electron chi connectivity index (χ4n) is 2.82. The van der Waals surface area contributed by atoms with Crippen molar-refractivity contribution in [1.82, 2.24) is 20.4 Å². The van der Waals surface area contributed by atoms with Gasteiger partial charge >= 0.3 is 0 Å². The summed E-state index contributed by atoms with van der Waals surface area (Å²) in [5.41, 5.74) is 1.97. The number of aromatic nitrogens is 2. The minimum absolute atomic E-state index is 0. The van der Waals surface area contributed by atoms with Crippen LogP contribution in [0.15, 0.2) is 53.1 Å². The molecular weight excluding hydrogens is 352 g/mol. The molecule has 26 heavy (non-hydrogen) atoms. The molecule has 1 aliphatic rings. The van der Waals surface area contributed by atoms with Crippen molar-refractivity contribution in [1.29, 1.82) is 0 Å². The summed E-state index contributed by atoms with van der Waals surface area (Å²) in [7, 11) is 0. The highest BCUT2D eigenvalue weighted by molar-refractivity contribution is 5.99. The highest BCUT2D eigenvalue weighted by Gasteiger charge is 2.23. The normalized spacial score (nSPS) is 13.7. The van der Waals surface area contributed by atoms with Crippen LogP contribution in [-0.4, -0.2) is 35.3 Å². The maximum absolute atomic E-state index is 12.7. The average molecular weight is 373 g/mol. The van der Waals surface area contributed by atoms with Crippen molar-refractivity contribution in [3.63, 3.8) is 0 Å². The van der Waals surface area contributed by atoms with Crippen molar-refractivity contribution >= 4 is 18.3 Å². The summed E-state index contributed by atoms with van der Waals surface area (Å²) in [6, 6.07) is 13.5. The number of nitrogens with zero attached hydrogens (tertiary/aromatic N) is 2. The number of hydrogen-bond acceptors (Lipinski definition) is 4. The largest absolute Gasteiger partial charge is 0.460 e. The molecule has 6 nitrogen and oxygen atoms in total. The van der Waals surface area contributed by atoms with E-state index in [0.29, 0.717) is 29.5 Å². The Hall–Kier alpha value is -2.57. The first kappa shape index (κ1) is 18.2. The third kappa shape index (κ3) is 3.66. The second kappa shape index (κ2) is 7.76. The molecule has 0 unspecified atom stereocenters. The van der Waals surface area contributed by atoms with Crippen LogP contribution in [0.5, 0.6) is 0 Å². The summed E-state index contributed by atoms with van der Waals surface area (Å²) in [6.45, 7) is 4.45. The lowest BCUT2D eigenvalue weighted by molar-refractivity contribution is 0.0942. The first-order valence-corrected chi connectivity index (χ1v) is 8.41. The fourth-order valence-corrected chi connectivity index (χ4v) is 2.82. The molecule has 0 radical (unpaired) electrons. The zero-order chi connectivity index (χ0) is 17.2. The number of carbonyl (C=O) groups excluding carboxylic acids is 1. The van der Waals surface area contributed by atoms with Gasteiger partial charge < -0.3 is 15.1 Å². The Balaban J connectivity index is 0.00000196. The number of para-hydroxylation sites is 1. The number of rotatable bonds is 5. The molecule has 2 aromatic heterocycles. The van der Waals surface area contributed by atoms with Gasteiger partial charge in [0.2, 0.25) is 0 Å². The number of nitrogens with one attached hydrogen (secondary N) is 2. The summed E-state index contributed by atoms with van der Waals surface area (Å²) >= 11 is 0. The predicted molar refractivity (Wildman–Crippen MR) is 102 cm³/mol. The predicted octanol–water partition coefficient (Wildman–Crippen LogP) is 2.81. The van der Waals surface area contributed by atoms with E-state index < -0.39 is 0 Å². The van der Waals surface area contributed by atoms with Crippen LogP contribution in [0.4, 0.5) is 0 Å². The molecule has 1 aliphatic heterocycles. The summed E-state index contributed by atoms with van der Waals surface area (Å²) in [5.74, 6) is 1.76. The zero-order valence-corrected chi connectivity index (χ0v) is 15.3. The van der Waals surface area contributed by atoms with E-state index in [0.717, 1.165) is 24.5 Å². The van der Waals surface area contributed by atoms with Crippen molar-refractivity contribution in [2.75, 3.05) is 19.6 Å². The SMILES string of the molecule is Cc1ccc(-c2nn(-c3ccccc3)cc2C(=O)NCC2CNC2)o1.Cl. The van der Waals surface area contributed by atoms with Gasteiger partial charge in [0, 0.05) is 31.7 Å². The van der Waals surface area contributed by atoms with E-state index in [1.165, 1.54) is 0 Å². The molecule has 2 N–H and O–H groups in total. The van der Waals surface area contributed by atoms with Gasteiger partial charge in [-0.05, 0) is 31.2 Å². The Labute approximate surface area is 158 Å². The molecule has 0 aliphatic carbocycles. The molecular formula is C19H21ClN4O2. The van der Waals surface area contributed by atoms with Crippen molar-refractivity contribution < 1.29 is 9.21 Å². The summed E-state index contributed by atoms with van der Waals surface area (Å²) in [6.07, 6.45) is 1.76. The third-order valence-electron chi connectivity index (χ3n) is 4.37. The van der Waals surface area contributed by atoms with Gasteiger partial charge in [-0.25, -0.2) is 4.68 Å². The number of carbonyl (C=O) groups is 1. The minimum Gasteiger partial charge on any atom is -0.460 e. The number of aryl methyl sites for hydroxylation is 1. The molecule has 7 heteroatoms. The lowest BCUT2D eigenvalue weighted by atomic mass is 10.0. The van der Waals surface area contributed by atoms with Crippen LogP contribution in [0.3, 0.4) is 0 Å². The van der Waals surface area contributed by atoms with Crippen LogP contribution in [0.2, 0.25) is 0 Å². The van der Waals surface area contributed by atoms with Gasteiger partial charge in [0.15, 0.2) is 5.76 Å². The van der Waals surface area contributed by atoms with Crippen molar-refractivity contribution in [3.05, 3.63) is 60.0 Å². The lowest BCUT2D eigenvalue weighted by Gasteiger charge is -2.26. The number of halogens is 1. The number of benzene rings is 1. The van der Waals surface area contributed by atoms with Gasteiger partial charge in [-0.1, -0.05) is 18.2 Å². The van der Waals surface area contributed by atoms with Crippen molar-refractivity contribution in [2.24, 2.45) is 5.92 Å². The molecule has 3 heterocycles. The van der Waals surface area contributed by atoms with Gasteiger partial charge in [0.25, 0.3) is 5.91 Å². The monoisotopic (exact) mass is 372 g/mol. The third-order valence-corrected chi connectivity index (χ3v) is 4.37. The molecule has 3 aromatic rings. The van der Waals surface area contributed by atoms with E-state index in [1.807, 2.05) is 49.4 Å². The first-order chi connectivity index (χ1) is 12.2. The molecule has 136 valence electrons. The second-order valence-electron chi connectivity index (χ2n) is 6.32. The van der Waals surface area contributed by atoms with E-state index in [1.54, 1.807) is 10.9 Å². The van der Waals surface area contributed by atoms with Gasteiger partial charge in [-0.15, -0.1) is 12.4 Å². The van der Waals surface area contributed by atoms with Crippen LogP contribution in [0, 0.1) is 12.8 Å². The van der Waals surface area contributed by atoms with E-state index in [4.69, 9.17) is 4.42 Å². The summed E-state index contributed by atoms with van der Waals surface area (Å²) < 4.78 is 7.42. The van der Waals surface area contributed by atoms with E-state index >= 15 is 0 Å². The Morgan fingerprint density at radius 2 is 2.04 bits per heavy atom. The molecule has 1 amide bonds. The van der Waals surface area contributed by atoms with E-state index in [-0.39, 0.29) is 18.3 Å². The van der Waals surface area contributed by atoms with Gasteiger partial charge in [0.1, 0.15) is 11.5 Å². The van der Waals surface area contributed by atoms with Crippen molar-refractivity contribution in [2.45, 2.75) is 6.92 Å². The van der Waals surface area contributed by atoms with Crippen molar-refractivity contribution in [3.8, 4) is 17.1 Å². The zero-order valence-electron chi connectivity index (χ0n) is 14.4. The van der Waals surface area contributed by atoms with Crippen LogP contribution in [0.1, 0.15) is 16.1 Å². The molecule has 4 rings (SSSR count). The van der Waals surface area contributed by atoms with Gasteiger partial charge in [-0.2, -0.15) is 5.10 Å². The van der Waals surface area contributed by atoms with E-state index in [2.05, 4.69) is 15.7 Å². The van der Waals surface area contributed by atoms with Gasteiger partial charge in [-0.3, -0.25) is 4.79 Å². The maximum Gasteiger partial charge on any atom is 0.255 e. The standard InChI is InChI=1S/C19H20N4O2.ClH/c1-13-7-8-17(25-13)18-16(19(24)21-11-14-9-20-10-14)12-23(22-18)15-5-3-2-4-6-15;/h2-8,12,14,20H,9-11H2,1H3,(H,21,24);1H. The topological polar surface area (TPSA) is 72.1 Å². The summed E-state index contributed by atoms with van der Waals surface area (Å²) in [5, 5.41) is 10.8. The number of furan rings is 1. The van der Waals surface area contributed by atoms with Crippen LogP contribution < -0.4 is 10.6 Å². The second-order valence-corrected chi connectivity index (χ2v) is 6.32. The molecule has 0 saturated carbocycles. The first-order valence-electron chi connectivity index (χ1n) is 8.41. The minimum atomic E-state index is -0.127. The average Bonchev–Trinajstić information content (AvgIpc) is 3.20. The number of amides is 1. The molecule has 0 bridgehead atoms. The summed E-state index contributed by atoms with van der Waals surface area (Å²) in [4.78, 5) is 12.7. The molecule has 0 spiro atoms. The highest BCUT2D eigenvalue weighted by atomic mass is 35.5. The van der Waals surface area contributed by atoms with Crippen LogP contribution in [-0.2, 0) is 0 Å². The molecule has 0 atom stereocenters.